The van der Waals surface area contributed by atoms with E-state index in [-0.39, 0.29) is 5.44 Å². The summed E-state index contributed by atoms with van der Waals surface area (Å²) in [6, 6.07) is 15.0. The molecule has 4 heteroatoms. The fourth-order valence-corrected chi connectivity index (χ4v) is 17.6. The Morgan fingerprint density at radius 1 is 0.857 bits per heavy atom. The summed E-state index contributed by atoms with van der Waals surface area (Å²) in [5.41, 5.74) is 2.02. The molecule has 0 amide bonds. The Bertz CT molecular complexity index is 799. The van der Waals surface area contributed by atoms with Crippen molar-refractivity contribution in [3.63, 3.8) is 0 Å². The van der Waals surface area contributed by atoms with Gasteiger partial charge in [0.2, 0.25) is 0 Å². The maximum absolute atomic E-state index is 6.58. The van der Waals surface area contributed by atoms with E-state index in [1.807, 2.05) is 0 Å². The first-order chi connectivity index (χ1) is 13.7. The van der Waals surface area contributed by atoms with Crippen molar-refractivity contribution in [1.82, 2.24) is 0 Å². The third kappa shape index (κ3) is 4.75. The van der Waals surface area contributed by atoms with E-state index in [2.05, 4.69) is 75.9 Å². The molecule has 0 radical (unpaired) electrons. The topological polar surface area (TPSA) is 9.23 Å². The zero-order valence-electron chi connectivity index (χ0n) is 17.0. The number of hydrogen-bond donors (Lipinski definition) is 0. The van der Waals surface area contributed by atoms with Gasteiger partial charge in [-0.2, -0.15) is 0 Å². The Morgan fingerprint density at radius 2 is 1.43 bits per heavy atom. The molecule has 0 saturated heterocycles. The van der Waals surface area contributed by atoms with Crippen LogP contribution in [0.5, 0.6) is 5.75 Å². The fourth-order valence-electron chi connectivity index (χ4n) is 5.08. The van der Waals surface area contributed by atoms with Gasteiger partial charge in [0.25, 0.3) is 0 Å². The second-order valence-corrected chi connectivity index (χ2v) is 19.9. The number of ether oxygens (including phenoxy) is 1. The summed E-state index contributed by atoms with van der Waals surface area (Å²) in [5.74, 6) is 1.04. The molecule has 2 aliphatic rings. The molecule has 0 aliphatic heterocycles. The first-order valence-corrected chi connectivity index (χ1v) is 16.7. The van der Waals surface area contributed by atoms with Gasteiger partial charge in [0, 0.05) is 0 Å². The van der Waals surface area contributed by atoms with Crippen LogP contribution in [0.1, 0.15) is 71.1 Å². The van der Waals surface area contributed by atoms with Gasteiger partial charge in [0.1, 0.15) is 0 Å². The van der Waals surface area contributed by atoms with Crippen molar-refractivity contribution in [3.8, 4) is 5.75 Å². The zero-order valence-corrected chi connectivity index (χ0v) is 20.4. The Labute approximate surface area is 182 Å². The van der Waals surface area contributed by atoms with Crippen LogP contribution in [-0.2, 0) is 0 Å². The normalized spacial score (nSPS) is 20.9. The summed E-state index contributed by atoms with van der Waals surface area (Å²) in [7, 11) is 0. The van der Waals surface area contributed by atoms with E-state index in [1.54, 1.807) is 0 Å². The molecule has 2 fully saturated rings. The molecule has 2 aliphatic carbocycles. The van der Waals surface area contributed by atoms with Crippen molar-refractivity contribution in [2.45, 2.75) is 87.9 Å². The van der Waals surface area contributed by atoms with Crippen molar-refractivity contribution in [2.24, 2.45) is 0 Å². The minimum atomic E-state index is -1.21. The van der Waals surface area contributed by atoms with Crippen molar-refractivity contribution in [3.05, 3.63) is 42.5 Å². The van der Waals surface area contributed by atoms with Crippen LogP contribution < -0.4 is 4.74 Å². The Balaban J connectivity index is 1.54. The molecule has 0 N–H and O–H groups in total. The molecule has 0 aromatic heterocycles. The van der Waals surface area contributed by atoms with E-state index in [9.17, 15) is 0 Å². The predicted octanol–water partition coefficient (Wildman–Crippen LogP) is 7.98. The van der Waals surface area contributed by atoms with E-state index in [4.69, 9.17) is 4.74 Å². The fraction of sp³-hybridized carbons (Fsp3) is 0.583. The number of fused-ring (bicyclic) bond motifs is 1. The molecule has 1 atom stereocenters. The number of benzene rings is 2. The SMILES string of the molecule is CC(Oc1cccc2ccccc12)SP(=[Se])(C1CCCCC1)C1CCCCC1. The van der Waals surface area contributed by atoms with Crippen molar-refractivity contribution >= 4 is 42.0 Å². The Kier molecular flexibility index (Phi) is 7.32. The first kappa shape index (κ1) is 21.0. The molecule has 28 heavy (non-hydrogen) atoms. The molecule has 0 heterocycles. The average Bonchev–Trinajstić information content (AvgIpc) is 2.75. The molecular weight excluding hydrogens is 446 g/mol. The first-order valence-electron chi connectivity index (χ1n) is 11.1. The summed E-state index contributed by atoms with van der Waals surface area (Å²) in [4.78, 5) is 0. The molecule has 1 unspecified atom stereocenters. The van der Waals surface area contributed by atoms with Crippen LogP contribution in [0.4, 0.5) is 0 Å². The van der Waals surface area contributed by atoms with Gasteiger partial charge in [-0.25, -0.2) is 0 Å². The summed E-state index contributed by atoms with van der Waals surface area (Å²) in [5, 5.41) is 2.50. The summed E-state index contributed by atoms with van der Waals surface area (Å²) in [6.07, 6.45) is 14.3. The van der Waals surface area contributed by atoms with Gasteiger partial charge in [0.15, 0.2) is 0 Å². The van der Waals surface area contributed by atoms with E-state index < -0.39 is 4.71 Å². The van der Waals surface area contributed by atoms with Crippen molar-refractivity contribution in [1.29, 1.82) is 0 Å². The molecular formula is C24H33OPSSe. The van der Waals surface area contributed by atoms with Crippen molar-refractivity contribution in [2.75, 3.05) is 0 Å². The third-order valence-corrected chi connectivity index (χ3v) is 19.4. The Hall–Kier alpha value is -0.201. The van der Waals surface area contributed by atoms with Gasteiger partial charge in [-0.05, 0) is 0 Å². The van der Waals surface area contributed by atoms with Crippen LogP contribution in [0, 0.1) is 0 Å². The van der Waals surface area contributed by atoms with Gasteiger partial charge in [-0.1, -0.05) is 0 Å². The van der Waals surface area contributed by atoms with Gasteiger partial charge in [0.05, 0.1) is 0 Å². The monoisotopic (exact) mass is 480 g/mol. The van der Waals surface area contributed by atoms with Crippen LogP contribution >= 0.6 is 16.1 Å². The number of rotatable bonds is 6. The molecule has 2 aromatic carbocycles. The molecule has 152 valence electrons. The molecule has 2 saturated carbocycles. The standard InChI is InChI=1S/C24H33OPSSe/c1-19(25-24-18-10-12-20-11-8-9-17-23(20)24)27-26(28,21-13-4-2-5-14-21)22-15-6-3-7-16-22/h8-12,17-19,21-22H,2-7,13-16H2,1H3. The molecule has 0 bridgehead atoms. The molecule has 2 aromatic rings. The summed E-state index contributed by atoms with van der Waals surface area (Å²) < 4.78 is 5.37. The third-order valence-electron chi connectivity index (χ3n) is 6.52. The molecule has 1 nitrogen and oxygen atoms in total. The molecule has 0 spiro atoms. The average molecular weight is 480 g/mol. The van der Waals surface area contributed by atoms with E-state index in [0.29, 0.717) is 0 Å². The quantitative estimate of drug-likeness (QED) is 0.236. The van der Waals surface area contributed by atoms with Gasteiger partial charge in [-0.15, -0.1) is 0 Å². The summed E-state index contributed by atoms with van der Waals surface area (Å²) >= 11 is 6.07. The van der Waals surface area contributed by atoms with Crippen LogP contribution in [0.3, 0.4) is 0 Å². The minimum absolute atomic E-state index is 0.198. The maximum atomic E-state index is 6.58. The Morgan fingerprint density at radius 3 is 2.07 bits per heavy atom. The summed E-state index contributed by atoms with van der Waals surface area (Å²) in [6.45, 7) is 2.28. The van der Waals surface area contributed by atoms with Gasteiger partial charge < -0.3 is 0 Å². The van der Waals surface area contributed by atoms with Crippen molar-refractivity contribution < 1.29 is 4.74 Å². The second-order valence-electron chi connectivity index (χ2n) is 8.50. The van der Waals surface area contributed by atoms with Crippen LogP contribution in [0.15, 0.2) is 42.5 Å². The van der Waals surface area contributed by atoms with E-state index >= 15 is 0 Å². The van der Waals surface area contributed by atoms with Crippen LogP contribution in [0.2, 0.25) is 0 Å². The molecule has 4 rings (SSSR count). The number of hydrogen-bond acceptors (Lipinski definition) is 2. The van der Waals surface area contributed by atoms with Crippen LogP contribution in [-0.4, -0.2) is 31.9 Å². The predicted molar refractivity (Wildman–Crippen MR) is 128 cm³/mol. The van der Waals surface area contributed by atoms with E-state index in [0.717, 1.165) is 17.1 Å². The van der Waals surface area contributed by atoms with Gasteiger partial charge in [-0.3, -0.25) is 0 Å². The van der Waals surface area contributed by atoms with Crippen LogP contribution in [0.25, 0.3) is 10.8 Å². The van der Waals surface area contributed by atoms with Gasteiger partial charge >= 0.3 is 183 Å². The van der Waals surface area contributed by atoms with E-state index in [1.165, 1.54) is 75.0 Å². The second kappa shape index (κ2) is 9.74. The zero-order chi connectivity index (χ0) is 19.4.